The molecule has 0 radical (unpaired) electrons. The van der Waals surface area contributed by atoms with Crippen LogP contribution >= 0.6 is 0 Å². The fourth-order valence-electron chi connectivity index (χ4n) is 1.31. The maximum absolute atomic E-state index is 4.97. The minimum atomic E-state index is 0.687. The minimum Gasteiger partial charge on any atom is -0.494 e. The van der Waals surface area contributed by atoms with E-state index in [0.29, 0.717) is 11.7 Å². The molecule has 0 aliphatic heterocycles. The Morgan fingerprint density at radius 3 is 2.71 bits per heavy atom. The molecule has 0 aromatic carbocycles. The molecule has 1 saturated carbocycles. The summed E-state index contributed by atoms with van der Waals surface area (Å²) in [5, 5.41) is 3.19. The van der Waals surface area contributed by atoms with Gasteiger partial charge in [0.1, 0.15) is 0 Å². The van der Waals surface area contributed by atoms with Crippen molar-refractivity contribution in [2.75, 3.05) is 19.0 Å². The number of nitrogens with zero attached hydrogens (tertiary/aromatic N) is 2. The van der Waals surface area contributed by atoms with Crippen molar-refractivity contribution in [3.8, 4) is 5.75 Å². The molecular weight excluding hydrogens is 178 g/mol. The number of aromatic nitrogens is 2. The normalized spacial score (nSPS) is 15.2. The Bertz CT molecular complexity index is 282. The van der Waals surface area contributed by atoms with E-state index in [1.54, 1.807) is 19.5 Å². The van der Waals surface area contributed by atoms with Gasteiger partial charge in [-0.3, -0.25) is 0 Å². The zero-order valence-electron chi connectivity index (χ0n) is 8.36. The number of rotatable bonds is 5. The maximum Gasteiger partial charge on any atom is 0.222 e. The van der Waals surface area contributed by atoms with Crippen LogP contribution in [0.15, 0.2) is 12.4 Å². The van der Waals surface area contributed by atoms with Crippen LogP contribution in [0.5, 0.6) is 5.75 Å². The van der Waals surface area contributed by atoms with Gasteiger partial charge in [-0.25, -0.2) is 9.97 Å². The fraction of sp³-hybridized carbons (Fsp3) is 0.600. The Morgan fingerprint density at radius 1 is 1.43 bits per heavy atom. The van der Waals surface area contributed by atoms with Gasteiger partial charge in [-0.05, 0) is 12.3 Å². The summed E-state index contributed by atoms with van der Waals surface area (Å²) in [6.45, 7) is 0.969. The van der Waals surface area contributed by atoms with Crippen LogP contribution in [-0.4, -0.2) is 23.6 Å². The summed E-state index contributed by atoms with van der Waals surface area (Å²) in [6.07, 6.45) is 7.37. The van der Waals surface area contributed by atoms with Crippen molar-refractivity contribution in [1.29, 1.82) is 0 Å². The van der Waals surface area contributed by atoms with E-state index >= 15 is 0 Å². The van der Waals surface area contributed by atoms with Crippen LogP contribution in [0.3, 0.4) is 0 Å². The fourth-order valence-corrected chi connectivity index (χ4v) is 1.31. The van der Waals surface area contributed by atoms with Crippen LogP contribution in [0.2, 0.25) is 0 Å². The smallest absolute Gasteiger partial charge is 0.222 e. The Hall–Kier alpha value is -1.32. The monoisotopic (exact) mass is 193 g/mol. The van der Waals surface area contributed by atoms with Crippen LogP contribution in [0.1, 0.15) is 19.3 Å². The molecule has 14 heavy (non-hydrogen) atoms. The van der Waals surface area contributed by atoms with Crippen LogP contribution < -0.4 is 10.1 Å². The summed E-state index contributed by atoms with van der Waals surface area (Å²) in [5.74, 6) is 2.32. The van der Waals surface area contributed by atoms with Gasteiger partial charge in [0, 0.05) is 6.54 Å². The highest BCUT2D eigenvalue weighted by Crippen LogP contribution is 2.31. The van der Waals surface area contributed by atoms with E-state index < -0.39 is 0 Å². The highest BCUT2D eigenvalue weighted by atomic mass is 16.5. The van der Waals surface area contributed by atoms with Gasteiger partial charge < -0.3 is 10.1 Å². The van der Waals surface area contributed by atoms with Gasteiger partial charge in [0.05, 0.1) is 19.5 Å². The lowest BCUT2D eigenvalue weighted by molar-refractivity contribution is 0.411. The van der Waals surface area contributed by atoms with Crippen molar-refractivity contribution in [1.82, 2.24) is 9.97 Å². The largest absolute Gasteiger partial charge is 0.494 e. The van der Waals surface area contributed by atoms with Crippen LogP contribution in [-0.2, 0) is 0 Å². The van der Waals surface area contributed by atoms with Crippen molar-refractivity contribution in [2.24, 2.45) is 5.92 Å². The zero-order valence-corrected chi connectivity index (χ0v) is 8.36. The van der Waals surface area contributed by atoms with Gasteiger partial charge in [0.15, 0.2) is 5.75 Å². The van der Waals surface area contributed by atoms with E-state index in [-0.39, 0.29) is 0 Å². The third-order valence-electron chi connectivity index (χ3n) is 2.40. The predicted molar refractivity (Wildman–Crippen MR) is 54.4 cm³/mol. The standard InChI is InChI=1S/C10H15N3O/c1-14-9-6-12-10(13-7-9)11-5-4-8-2-3-8/h6-8H,2-5H2,1H3,(H,11,12,13). The number of methoxy groups -OCH3 is 1. The molecule has 0 atom stereocenters. The number of anilines is 1. The van der Waals surface area contributed by atoms with Crippen LogP contribution in [0.25, 0.3) is 0 Å². The molecule has 0 saturated heterocycles. The summed E-state index contributed by atoms with van der Waals surface area (Å²) in [6, 6.07) is 0. The first-order chi connectivity index (χ1) is 6.88. The highest BCUT2D eigenvalue weighted by Gasteiger charge is 2.20. The topological polar surface area (TPSA) is 47.0 Å². The molecule has 1 aromatic rings. The van der Waals surface area contributed by atoms with E-state index in [9.17, 15) is 0 Å². The minimum absolute atomic E-state index is 0.687. The van der Waals surface area contributed by atoms with Crippen molar-refractivity contribution in [3.63, 3.8) is 0 Å². The predicted octanol–water partition coefficient (Wildman–Crippen LogP) is 1.70. The molecule has 4 nitrogen and oxygen atoms in total. The Kier molecular flexibility index (Phi) is 2.81. The maximum atomic E-state index is 4.97. The Labute approximate surface area is 83.7 Å². The second kappa shape index (κ2) is 4.26. The lowest BCUT2D eigenvalue weighted by Crippen LogP contribution is -2.05. The zero-order chi connectivity index (χ0) is 9.80. The van der Waals surface area contributed by atoms with Crippen molar-refractivity contribution >= 4 is 5.95 Å². The number of hydrogen-bond acceptors (Lipinski definition) is 4. The van der Waals surface area contributed by atoms with E-state index in [4.69, 9.17) is 4.74 Å². The third-order valence-corrected chi connectivity index (χ3v) is 2.40. The van der Waals surface area contributed by atoms with E-state index in [0.717, 1.165) is 12.5 Å². The summed E-state index contributed by atoms with van der Waals surface area (Å²) in [5.41, 5.74) is 0. The number of ether oxygens (including phenoxy) is 1. The second-order valence-electron chi connectivity index (χ2n) is 3.61. The third kappa shape index (κ3) is 2.58. The van der Waals surface area contributed by atoms with Gasteiger partial charge in [-0.1, -0.05) is 12.8 Å². The first-order valence-electron chi connectivity index (χ1n) is 4.98. The lowest BCUT2D eigenvalue weighted by Gasteiger charge is -2.03. The van der Waals surface area contributed by atoms with Crippen LogP contribution in [0, 0.1) is 5.92 Å². The molecule has 2 rings (SSSR count). The first kappa shape index (κ1) is 9.24. The Balaban J connectivity index is 1.77. The van der Waals surface area contributed by atoms with Crippen molar-refractivity contribution in [3.05, 3.63) is 12.4 Å². The van der Waals surface area contributed by atoms with E-state index in [2.05, 4.69) is 15.3 Å². The van der Waals surface area contributed by atoms with E-state index in [1.807, 2.05) is 0 Å². The van der Waals surface area contributed by atoms with Gasteiger partial charge in [-0.2, -0.15) is 0 Å². The molecule has 1 fully saturated rings. The molecule has 0 amide bonds. The average Bonchev–Trinajstić information content (AvgIpc) is 3.03. The number of nitrogens with one attached hydrogen (secondary N) is 1. The summed E-state index contributed by atoms with van der Waals surface area (Å²) in [7, 11) is 1.61. The van der Waals surface area contributed by atoms with Gasteiger partial charge in [-0.15, -0.1) is 0 Å². The van der Waals surface area contributed by atoms with E-state index in [1.165, 1.54) is 19.3 Å². The highest BCUT2D eigenvalue weighted by molar-refractivity contribution is 5.26. The van der Waals surface area contributed by atoms with Gasteiger partial charge in [0.2, 0.25) is 5.95 Å². The molecule has 76 valence electrons. The van der Waals surface area contributed by atoms with Gasteiger partial charge in [0.25, 0.3) is 0 Å². The summed E-state index contributed by atoms with van der Waals surface area (Å²) >= 11 is 0. The average molecular weight is 193 g/mol. The lowest BCUT2D eigenvalue weighted by atomic mass is 10.3. The van der Waals surface area contributed by atoms with Crippen LogP contribution in [0.4, 0.5) is 5.95 Å². The molecule has 0 spiro atoms. The summed E-state index contributed by atoms with van der Waals surface area (Å²) < 4.78 is 4.97. The molecule has 4 heteroatoms. The van der Waals surface area contributed by atoms with Crippen molar-refractivity contribution in [2.45, 2.75) is 19.3 Å². The molecule has 0 unspecified atom stereocenters. The molecule has 1 aliphatic carbocycles. The SMILES string of the molecule is COc1cnc(NCCC2CC2)nc1. The van der Waals surface area contributed by atoms with Crippen molar-refractivity contribution < 1.29 is 4.74 Å². The first-order valence-corrected chi connectivity index (χ1v) is 4.98. The second-order valence-corrected chi connectivity index (χ2v) is 3.61. The molecule has 1 aliphatic rings. The quantitative estimate of drug-likeness (QED) is 0.773. The molecule has 1 aromatic heterocycles. The molecular formula is C10H15N3O. The number of hydrogen-bond donors (Lipinski definition) is 1. The molecule has 0 bridgehead atoms. The molecule has 1 heterocycles. The van der Waals surface area contributed by atoms with Gasteiger partial charge >= 0.3 is 0 Å². The Morgan fingerprint density at radius 2 is 2.14 bits per heavy atom. The molecule has 1 N–H and O–H groups in total. The summed E-state index contributed by atoms with van der Waals surface area (Å²) in [4.78, 5) is 8.24.